The van der Waals surface area contributed by atoms with Crippen LogP contribution in [0.2, 0.25) is 0 Å². The van der Waals surface area contributed by atoms with Crippen molar-refractivity contribution < 1.29 is 13.2 Å². The minimum absolute atomic E-state index is 0.0497. The van der Waals surface area contributed by atoms with Crippen LogP contribution in [0.5, 0.6) is 0 Å². The Morgan fingerprint density at radius 1 is 1.04 bits per heavy atom. The molecule has 0 amide bonds. The van der Waals surface area contributed by atoms with E-state index in [1.807, 2.05) is 6.92 Å². The van der Waals surface area contributed by atoms with Crippen LogP contribution in [0.15, 0.2) is 0 Å². The summed E-state index contributed by atoms with van der Waals surface area (Å²) in [6.07, 6.45) is 6.34. The van der Waals surface area contributed by atoms with E-state index in [2.05, 4.69) is 18.9 Å². The second-order valence-corrected chi connectivity index (χ2v) is 7.55. The van der Waals surface area contributed by atoms with Gasteiger partial charge >= 0.3 is 0 Å². The van der Waals surface area contributed by atoms with Crippen molar-refractivity contribution in [1.82, 2.24) is 9.78 Å². The van der Waals surface area contributed by atoms with Crippen LogP contribution in [0, 0.1) is 9.52 Å². The first kappa shape index (κ1) is 20.8. The van der Waals surface area contributed by atoms with Gasteiger partial charge in [0.05, 0.1) is 9.11 Å². The van der Waals surface area contributed by atoms with Gasteiger partial charge in [-0.15, -0.1) is 0 Å². The average molecular weight is 444 g/mol. The Morgan fingerprint density at radius 3 is 2.13 bits per heavy atom. The van der Waals surface area contributed by atoms with E-state index in [4.69, 9.17) is 0 Å². The van der Waals surface area contributed by atoms with Gasteiger partial charge in [0, 0.05) is 0 Å². The van der Waals surface area contributed by atoms with Crippen molar-refractivity contribution in [3.05, 3.63) is 15.2 Å². The van der Waals surface area contributed by atoms with Crippen LogP contribution in [0.4, 0.5) is 13.2 Å². The largest absolute Gasteiger partial charge is 0.283 e. The fraction of sp³-hybridized carbons (Fsp3) is 0.824. The van der Waals surface area contributed by atoms with Crippen LogP contribution < -0.4 is 0 Å². The smallest absolute Gasteiger partial charge is 0.232 e. The van der Waals surface area contributed by atoms with Crippen LogP contribution in [0.3, 0.4) is 0 Å². The summed E-state index contributed by atoms with van der Waals surface area (Å²) >= 11 is 1.64. The Balaban J connectivity index is 2.93. The van der Waals surface area contributed by atoms with Crippen molar-refractivity contribution in [2.75, 3.05) is 0 Å². The highest BCUT2D eigenvalue weighted by molar-refractivity contribution is 14.1. The maximum Gasteiger partial charge on any atom is 0.283 e. The second-order valence-electron chi connectivity index (χ2n) is 6.47. The summed E-state index contributed by atoms with van der Waals surface area (Å²) in [6, 6.07) is 0. The molecular weight excluding hydrogens is 416 g/mol. The number of aromatic nitrogens is 2. The molecule has 1 heterocycles. The molecular formula is C17H28F3IN2. The SMILES string of the molecule is CCCCCCCC(C)(CCCC)n1nc(C(F)F)c(I)c1F. The van der Waals surface area contributed by atoms with Gasteiger partial charge < -0.3 is 0 Å². The first-order valence-corrected chi connectivity index (χ1v) is 9.67. The zero-order valence-electron chi connectivity index (χ0n) is 14.3. The van der Waals surface area contributed by atoms with Crippen molar-refractivity contribution in [1.29, 1.82) is 0 Å². The average Bonchev–Trinajstić information content (AvgIpc) is 2.82. The predicted molar refractivity (Wildman–Crippen MR) is 96.4 cm³/mol. The number of nitrogens with zero attached hydrogens (tertiary/aromatic N) is 2. The van der Waals surface area contributed by atoms with E-state index in [0.29, 0.717) is 0 Å². The van der Waals surface area contributed by atoms with Gasteiger partial charge in [-0.25, -0.2) is 13.5 Å². The fourth-order valence-corrected chi connectivity index (χ4v) is 3.47. The Morgan fingerprint density at radius 2 is 1.61 bits per heavy atom. The lowest BCUT2D eigenvalue weighted by Gasteiger charge is -2.30. The molecule has 23 heavy (non-hydrogen) atoms. The van der Waals surface area contributed by atoms with Crippen molar-refractivity contribution in [3.8, 4) is 0 Å². The summed E-state index contributed by atoms with van der Waals surface area (Å²) in [5.74, 6) is -0.618. The first-order chi connectivity index (χ1) is 10.9. The minimum atomic E-state index is -2.74. The van der Waals surface area contributed by atoms with Crippen molar-refractivity contribution in [3.63, 3.8) is 0 Å². The summed E-state index contributed by atoms with van der Waals surface area (Å²) in [7, 11) is 0. The molecule has 0 radical (unpaired) electrons. The summed E-state index contributed by atoms with van der Waals surface area (Å²) in [5.41, 5.74) is -0.962. The first-order valence-electron chi connectivity index (χ1n) is 8.60. The van der Waals surface area contributed by atoms with E-state index in [1.54, 1.807) is 22.6 Å². The number of alkyl halides is 2. The molecule has 1 atom stereocenters. The van der Waals surface area contributed by atoms with Gasteiger partial charge in [0.15, 0.2) is 0 Å². The minimum Gasteiger partial charge on any atom is -0.232 e. The lowest BCUT2D eigenvalue weighted by atomic mass is 9.88. The fourth-order valence-electron chi connectivity index (χ4n) is 2.90. The van der Waals surface area contributed by atoms with E-state index < -0.39 is 23.6 Å². The molecule has 0 aliphatic heterocycles. The van der Waals surface area contributed by atoms with Crippen LogP contribution in [0.1, 0.15) is 90.7 Å². The van der Waals surface area contributed by atoms with E-state index in [0.717, 1.165) is 38.5 Å². The molecule has 0 bridgehead atoms. The van der Waals surface area contributed by atoms with Crippen molar-refractivity contribution in [2.45, 2.75) is 90.5 Å². The van der Waals surface area contributed by atoms with Crippen LogP contribution in [-0.4, -0.2) is 9.78 Å². The van der Waals surface area contributed by atoms with Gasteiger partial charge in [0.25, 0.3) is 6.43 Å². The molecule has 0 saturated heterocycles. The molecule has 1 aromatic heterocycles. The van der Waals surface area contributed by atoms with E-state index in [9.17, 15) is 13.2 Å². The maximum atomic E-state index is 14.5. The summed E-state index contributed by atoms with van der Waals surface area (Å²) < 4.78 is 41.7. The predicted octanol–water partition coefficient (Wildman–Crippen LogP) is 6.83. The van der Waals surface area contributed by atoms with Gasteiger partial charge in [-0.2, -0.15) is 9.49 Å². The Bertz CT molecular complexity index is 477. The van der Waals surface area contributed by atoms with E-state index in [-0.39, 0.29) is 3.57 Å². The summed E-state index contributed by atoms with van der Waals surface area (Å²) in [5, 5.41) is 3.93. The molecule has 1 rings (SSSR count). The van der Waals surface area contributed by atoms with E-state index >= 15 is 0 Å². The topological polar surface area (TPSA) is 17.8 Å². The summed E-state index contributed by atoms with van der Waals surface area (Å²) in [4.78, 5) is 0. The molecule has 0 aliphatic rings. The molecule has 0 aliphatic carbocycles. The third-order valence-corrected chi connectivity index (χ3v) is 5.40. The molecule has 6 heteroatoms. The monoisotopic (exact) mass is 444 g/mol. The third kappa shape index (κ3) is 5.64. The number of unbranched alkanes of at least 4 members (excludes halogenated alkanes) is 5. The van der Waals surface area contributed by atoms with Gasteiger partial charge in [0.1, 0.15) is 5.69 Å². The van der Waals surface area contributed by atoms with Crippen molar-refractivity contribution in [2.24, 2.45) is 0 Å². The lowest BCUT2D eigenvalue weighted by molar-refractivity contribution is 0.139. The van der Waals surface area contributed by atoms with Gasteiger partial charge in [-0.3, -0.25) is 0 Å². The highest BCUT2D eigenvalue weighted by atomic mass is 127. The molecule has 2 nitrogen and oxygen atoms in total. The van der Waals surface area contributed by atoms with Gasteiger partial charge in [0.2, 0.25) is 5.95 Å². The van der Waals surface area contributed by atoms with Gasteiger partial charge in [-0.1, -0.05) is 58.8 Å². The number of rotatable bonds is 11. The van der Waals surface area contributed by atoms with Crippen LogP contribution in [0.25, 0.3) is 0 Å². The molecule has 134 valence electrons. The van der Waals surface area contributed by atoms with E-state index in [1.165, 1.54) is 23.9 Å². The molecule has 0 saturated carbocycles. The summed E-state index contributed by atoms with van der Waals surface area (Å²) in [6.45, 7) is 6.19. The Labute approximate surface area is 151 Å². The maximum absolute atomic E-state index is 14.5. The van der Waals surface area contributed by atoms with Crippen LogP contribution >= 0.6 is 22.6 Å². The normalized spacial score (nSPS) is 14.4. The second kappa shape index (κ2) is 9.89. The molecule has 0 fully saturated rings. The zero-order chi connectivity index (χ0) is 17.5. The highest BCUT2D eigenvalue weighted by Gasteiger charge is 2.33. The molecule has 0 aromatic carbocycles. The standard InChI is InChI=1S/C17H28F3IN2/c1-4-6-8-9-10-12-17(3,11-7-5-2)23-16(20)13(21)14(22-23)15(18)19/h15H,4-12H2,1-3H3. The molecule has 1 aromatic rings. The Hall–Kier alpha value is -0.270. The molecule has 0 spiro atoms. The highest BCUT2D eigenvalue weighted by Crippen LogP contribution is 2.34. The number of hydrogen-bond donors (Lipinski definition) is 0. The number of hydrogen-bond acceptors (Lipinski definition) is 1. The zero-order valence-corrected chi connectivity index (χ0v) is 16.5. The molecule has 1 unspecified atom stereocenters. The van der Waals surface area contributed by atoms with Gasteiger partial charge in [-0.05, 0) is 42.4 Å². The quantitative estimate of drug-likeness (QED) is 0.270. The number of halogens is 4. The lowest BCUT2D eigenvalue weighted by Crippen LogP contribution is -2.33. The van der Waals surface area contributed by atoms with Crippen molar-refractivity contribution >= 4 is 22.6 Å². The third-order valence-electron chi connectivity index (χ3n) is 4.41. The molecule has 0 N–H and O–H groups in total. The van der Waals surface area contributed by atoms with Crippen LogP contribution in [-0.2, 0) is 5.54 Å². The Kier molecular flexibility index (Phi) is 8.93.